The van der Waals surface area contributed by atoms with Gasteiger partial charge in [-0.2, -0.15) is 0 Å². The van der Waals surface area contributed by atoms with Crippen LogP contribution >= 0.6 is 0 Å². The van der Waals surface area contributed by atoms with Crippen LogP contribution < -0.4 is 11.1 Å². The second kappa shape index (κ2) is 3.00. The van der Waals surface area contributed by atoms with E-state index >= 15 is 0 Å². The molecule has 0 heterocycles. The minimum Gasteiger partial charge on any atom is -0.330 e. The predicted octanol–water partition coefficient (Wildman–Crippen LogP) is 1.36. The van der Waals surface area contributed by atoms with Crippen LogP contribution in [0, 0.1) is 10.8 Å². The van der Waals surface area contributed by atoms with Crippen LogP contribution in [0.25, 0.3) is 0 Å². The highest BCUT2D eigenvalue weighted by molar-refractivity contribution is 5.17. The Kier molecular flexibility index (Phi) is 2.50. The Balaban J connectivity index is 2.29. The molecule has 0 aliphatic heterocycles. The zero-order valence-corrected chi connectivity index (χ0v) is 8.78. The van der Waals surface area contributed by atoms with E-state index in [1.54, 1.807) is 0 Å². The molecule has 3 N–H and O–H groups in total. The minimum absolute atomic E-state index is 0.460. The highest BCUT2D eigenvalue weighted by atomic mass is 15.0. The molecule has 1 aliphatic rings. The van der Waals surface area contributed by atoms with Gasteiger partial charge >= 0.3 is 0 Å². The van der Waals surface area contributed by atoms with Crippen LogP contribution in [0.3, 0.4) is 0 Å². The molecule has 0 radical (unpaired) electrons. The van der Waals surface area contributed by atoms with Gasteiger partial charge in [-0.05, 0) is 30.3 Å². The monoisotopic (exact) mass is 170 g/mol. The zero-order valence-electron chi connectivity index (χ0n) is 8.78. The molecule has 2 heteroatoms. The van der Waals surface area contributed by atoms with Gasteiger partial charge in [0.25, 0.3) is 0 Å². The SMILES string of the molecule is CC1(C)C(NCCCN)C1(C)C. The molecule has 1 fully saturated rings. The van der Waals surface area contributed by atoms with Crippen LogP contribution in [0.4, 0.5) is 0 Å². The molecule has 0 saturated heterocycles. The Morgan fingerprint density at radius 2 is 1.67 bits per heavy atom. The molecule has 0 spiro atoms. The van der Waals surface area contributed by atoms with Gasteiger partial charge in [0.2, 0.25) is 0 Å². The Morgan fingerprint density at radius 3 is 2.00 bits per heavy atom. The molecule has 0 aromatic rings. The topological polar surface area (TPSA) is 38.0 Å². The molecule has 12 heavy (non-hydrogen) atoms. The van der Waals surface area contributed by atoms with Crippen molar-refractivity contribution in [3.8, 4) is 0 Å². The summed E-state index contributed by atoms with van der Waals surface area (Å²) < 4.78 is 0. The first-order valence-corrected chi connectivity index (χ1v) is 4.88. The summed E-state index contributed by atoms with van der Waals surface area (Å²) in [4.78, 5) is 0. The standard InChI is InChI=1S/C10H22N2/c1-9(2)8(10(9,3)4)12-7-5-6-11/h8,12H,5-7,11H2,1-4H3. The number of hydrogen-bond donors (Lipinski definition) is 2. The van der Waals surface area contributed by atoms with Gasteiger partial charge in [0.15, 0.2) is 0 Å². The van der Waals surface area contributed by atoms with E-state index in [1.807, 2.05) is 0 Å². The predicted molar refractivity (Wildman–Crippen MR) is 53.0 cm³/mol. The van der Waals surface area contributed by atoms with Crippen molar-refractivity contribution in [3.05, 3.63) is 0 Å². The number of nitrogens with two attached hydrogens (primary N) is 1. The fourth-order valence-corrected chi connectivity index (χ4v) is 2.06. The Labute approximate surface area is 75.9 Å². The van der Waals surface area contributed by atoms with Crippen LogP contribution in [-0.2, 0) is 0 Å². The average molecular weight is 170 g/mol. The molecule has 1 aliphatic carbocycles. The van der Waals surface area contributed by atoms with Gasteiger partial charge in [-0.25, -0.2) is 0 Å². The maximum atomic E-state index is 5.43. The first kappa shape index (κ1) is 10.0. The third-order valence-electron chi connectivity index (χ3n) is 3.75. The highest BCUT2D eigenvalue weighted by Crippen LogP contribution is 2.62. The molecule has 0 amide bonds. The minimum atomic E-state index is 0.460. The maximum absolute atomic E-state index is 5.43. The summed E-state index contributed by atoms with van der Waals surface area (Å²) in [7, 11) is 0. The van der Waals surface area contributed by atoms with Crippen LogP contribution in [0.15, 0.2) is 0 Å². The summed E-state index contributed by atoms with van der Waals surface area (Å²) >= 11 is 0. The van der Waals surface area contributed by atoms with Gasteiger partial charge < -0.3 is 11.1 Å². The van der Waals surface area contributed by atoms with Crippen LogP contribution in [0.5, 0.6) is 0 Å². The van der Waals surface area contributed by atoms with Crippen molar-refractivity contribution in [1.82, 2.24) is 5.32 Å². The average Bonchev–Trinajstić information content (AvgIpc) is 2.32. The maximum Gasteiger partial charge on any atom is 0.0181 e. The molecule has 0 aromatic heterocycles. The number of nitrogens with one attached hydrogen (secondary N) is 1. The van der Waals surface area contributed by atoms with E-state index < -0.39 is 0 Å². The Morgan fingerprint density at radius 1 is 1.17 bits per heavy atom. The van der Waals surface area contributed by atoms with E-state index in [4.69, 9.17) is 5.73 Å². The summed E-state index contributed by atoms with van der Waals surface area (Å²) in [6.45, 7) is 11.2. The molecule has 0 unspecified atom stereocenters. The summed E-state index contributed by atoms with van der Waals surface area (Å²) in [5.74, 6) is 0. The second-order valence-corrected chi connectivity index (χ2v) is 4.97. The van der Waals surface area contributed by atoms with E-state index in [2.05, 4.69) is 33.0 Å². The number of hydrogen-bond acceptors (Lipinski definition) is 2. The highest BCUT2D eigenvalue weighted by Gasteiger charge is 2.64. The van der Waals surface area contributed by atoms with E-state index in [0.717, 1.165) is 19.5 Å². The van der Waals surface area contributed by atoms with Crippen molar-refractivity contribution >= 4 is 0 Å². The zero-order chi connectivity index (χ0) is 9.41. The van der Waals surface area contributed by atoms with E-state index in [1.165, 1.54) is 0 Å². The smallest absolute Gasteiger partial charge is 0.0181 e. The second-order valence-electron chi connectivity index (χ2n) is 4.97. The van der Waals surface area contributed by atoms with Crippen molar-refractivity contribution in [2.24, 2.45) is 16.6 Å². The largest absolute Gasteiger partial charge is 0.330 e. The molecule has 1 saturated carbocycles. The summed E-state index contributed by atoms with van der Waals surface area (Å²) in [5, 5.41) is 3.56. The Hall–Kier alpha value is -0.0800. The van der Waals surface area contributed by atoms with Crippen molar-refractivity contribution in [1.29, 1.82) is 0 Å². The van der Waals surface area contributed by atoms with Crippen molar-refractivity contribution in [3.63, 3.8) is 0 Å². The summed E-state index contributed by atoms with van der Waals surface area (Å²) in [5.41, 5.74) is 6.35. The molecule has 0 atom stereocenters. The molecule has 2 nitrogen and oxygen atoms in total. The van der Waals surface area contributed by atoms with E-state index in [9.17, 15) is 0 Å². The van der Waals surface area contributed by atoms with E-state index in [-0.39, 0.29) is 0 Å². The lowest BCUT2D eigenvalue weighted by Gasteiger charge is -2.04. The molecule has 72 valence electrons. The summed E-state index contributed by atoms with van der Waals surface area (Å²) in [6, 6.07) is 0.677. The first-order valence-electron chi connectivity index (χ1n) is 4.88. The fourth-order valence-electron chi connectivity index (χ4n) is 2.06. The lowest BCUT2D eigenvalue weighted by Crippen LogP contribution is -2.25. The lowest BCUT2D eigenvalue weighted by molar-refractivity contribution is 0.457. The normalized spacial score (nSPS) is 25.8. The third kappa shape index (κ3) is 1.38. The molecular formula is C10H22N2. The molecular weight excluding hydrogens is 148 g/mol. The molecule has 0 aromatic carbocycles. The fraction of sp³-hybridized carbons (Fsp3) is 1.00. The van der Waals surface area contributed by atoms with Crippen LogP contribution in [-0.4, -0.2) is 19.1 Å². The van der Waals surface area contributed by atoms with Gasteiger partial charge in [-0.15, -0.1) is 0 Å². The van der Waals surface area contributed by atoms with Crippen LogP contribution in [0.2, 0.25) is 0 Å². The van der Waals surface area contributed by atoms with Crippen molar-refractivity contribution in [2.45, 2.75) is 40.2 Å². The molecule has 1 rings (SSSR count). The quantitative estimate of drug-likeness (QED) is 0.625. The van der Waals surface area contributed by atoms with Gasteiger partial charge in [-0.3, -0.25) is 0 Å². The van der Waals surface area contributed by atoms with Gasteiger partial charge in [0.05, 0.1) is 0 Å². The van der Waals surface area contributed by atoms with Gasteiger partial charge in [-0.1, -0.05) is 27.7 Å². The lowest BCUT2D eigenvalue weighted by atomic mass is 10.0. The molecule has 0 bridgehead atoms. The Bertz CT molecular complexity index is 147. The van der Waals surface area contributed by atoms with Crippen molar-refractivity contribution in [2.75, 3.05) is 13.1 Å². The number of rotatable bonds is 4. The van der Waals surface area contributed by atoms with E-state index in [0.29, 0.717) is 16.9 Å². The third-order valence-corrected chi connectivity index (χ3v) is 3.75. The van der Waals surface area contributed by atoms with Gasteiger partial charge in [0, 0.05) is 6.04 Å². The van der Waals surface area contributed by atoms with Crippen LogP contribution in [0.1, 0.15) is 34.1 Å². The van der Waals surface area contributed by atoms with Gasteiger partial charge in [0.1, 0.15) is 0 Å². The first-order chi connectivity index (χ1) is 5.44. The van der Waals surface area contributed by atoms with Crippen molar-refractivity contribution < 1.29 is 0 Å². The summed E-state index contributed by atoms with van der Waals surface area (Å²) in [6.07, 6.45) is 1.09.